The van der Waals surface area contributed by atoms with E-state index < -0.39 is 0 Å². The first-order valence-electron chi connectivity index (χ1n) is 6.53. The lowest BCUT2D eigenvalue weighted by atomic mass is 10.0. The summed E-state index contributed by atoms with van der Waals surface area (Å²) in [6.07, 6.45) is 2.15. The number of hydrogen-bond donors (Lipinski definition) is 1. The smallest absolute Gasteiger partial charge is 0.167 e. The van der Waals surface area contributed by atoms with Gasteiger partial charge >= 0.3 is 0 Å². The molecule has 2 rings (SSSR count). The molecular formula is C14H20FNO2. The fourth-order valence-electron chi connectivity index (χ4n) is 2.10. The van der Waals surface area contributed by atoms with Crippen molar-refractivity contribution >= 4 is 5.69 Å². The largest absolute Gasteiger partial charge is 0.491 e. The molecular weight excluding hydrogens is 233 g/mol. The molecule has 0 spiro atoms. The summed E-state index contributed by atoms with van der Waals surface area (Å²) < 4.78 is 24.1. The Hall–Kier alpha value is -1.29. The van der Waals surface area contributed by atoms with E-state index in [1.165, 1.54) is 6.07 Å². The Morgan fingerprint density at radius 2 is 2.17 bits per heavy atom. The molecule has 18 heavy (non-hydrogen) atoms. The lowest BCUT2D eigenvalue weighted by Gasteiger charge is -2.22. The standard InChI is InChI=1S/C14H20FNO2/c1-2-18-14-4-3-12(9-13(14)15)16-10-11-5-7-17-8-6-11/h3-4,9,11,16H,2,5-8,10H2,1H3. The van der Waals surface area contributed by atoms with Gasteiger partial charge in [0.1, 0.15) is 0 Å². The van der Waals surface area contributed by atoms with Crippen LogP contribution in [0.1, 0.15) is 19.8 Å². The van der Waals surface area contributed by atoms with Gasteiger partial charge in [0.05, 0.1) is 6.61 Å². The number of halogens is 1. The third-order valence-corrected chi connectivity index (χ3v) is 3.17. The highest BCUT2D eigenvalue weighted by Gasteiger charge is 2.13. The van der Waals surface area contributed by atoms with E-state index >= 15 is 0 Å². The van der Waals surface area contributed by atoms with Crippen LogP contribution in [0.4, 0.5) is 10.1 Å². The molecule has 4 heteroatoms. The van der Waals surface area contributed by atoms with Crippen molar-refractivity contribution in [3.05, 3.63) is 24.0 Å². The third-order valence-electron chi connectivity index (χ3n) is 3.17. The molecule has 0 atom stereocenters. The van der Waals surface area contributed by atoms with Crippen molar-refractivity contribution in [1.29, 1.82) is 0 Å². The average molecular weight is 253 g/mol. The first-order valence-corrected chi connectivity index (χ1v) is 6.53. The van der Waals surface area contributed by atoms with E-state index in [4.69, 9.17) is 9.47 Å². The van der Waals surface area contributed by atoms with E-state index in [1.807, 2.05) is 13.0 Å². The summed E-state index contributed by atoms with van der Waals surface area (Å²) in [5.41, 5.74) is 0.808. The van der Waals surface area contributed by atoms with Crippen LogP contribution in [-0.2, 0) is 4.74 Å². The second kappa shape index (κ2) is 6.59. The molecule has 1 saturated heterocycles. The zero-order valence-corrected chi connectivity index (χ0v) is 10.7. The van der Waals surface area contributed by atoms with Crippen molar-refractivity contribution in [3.8, 4) is 5.75 Å². The van der Waals surface area contributed by atoms with Gasteiger partial charge in [-0.2, -0.15) is 0 Å². The Bertz CT molecular complexity index is 378. The number of anilines is 1. The van der Waals surface area contributed by atoms with Crippen molar-refractivity contribution in [3.63, 3.8) is 0 Å². The van der Waals surface area contributed by atoms with Gasteiger partial charge in [-0.1, -0.05) is 0 Å². The molecule has 1 aliphatic rings. The van der Waals surface area contributed by atoms with Crippen LogP contribution >= 0.6 is 0 Å². The third kappa shape index (κ3) is 3.60. The van der Waals surface area contributed by atoms with Gasteiger partial charge in [0, 0.05) is 31.5 Å². The maximum Gasteiger partial charge on any atom is 0.167 e. The molecule has 0 amide bonds. The molecule has 0 radical (unpaired) electrons. The van der Waals surface area contributed by atoms with Crippen molar-refractivity contribution < 1.29 is 13.9 Å². The maximum atomic E-state index is 13.6. The van der Waals surface area contributed by atoms with E-state index in [0.29, 0.717) is 18.3 Å². The Morgan fingerprint density at radius 1 is 1.39 bits per heavy atom. The van der Waals surface area contributed by atoms with Crippen LogP contribution in [0.25, 0.3) is 0 Å². The van der Waals surface area contributed by atoms with Crippen LogP contribution in [-0.4, -0.2) is 26.4 Å². The first kappa shape index (κ1) is 13.1. The number of ether oxygens (including phenoxy) is 2. The minimum Gasteiger partial charge on any atom is -0.491 e. The van der Waals surface area contributed by atoms with Gasteiger partial charge in [0.25, 0.3) is 0 Å². The maximum absolute atomic E-state index is 13.6. The Kier molecular flexibility index (Phi) is 4.81. The highest BCUT2D eigenvalue weighted by atomic mass is 19.1. The number of benzene rings is 1. The molecule has 1 aromatic rings. The van der Waals surface area contributed by atoms with Crippen molar-refractivity contribution in [1.82, 2.24) is 0 Å². The summed E-state index contributed by atoms with van der Waals surface area (Å²) in [7, 11) is 0. The minimum absolute atomic E-state index is 0.311. The molecule has 1 aliphatic heterocycles. The summed E-state index contributed by atoms with van der Waals surface area (Å²) in [6, 6.07) is 5.02. The van der Waals surface area contributed by atoms with Crippen molar-refractivity contribution in [2.24, 2.45) is 5.92 Å². The van der Waals surface area contributed by atoms with E-state index in [9.17, 15) is 4.39 Å². The van der Waals surface area contributed by atoms with Crippen LogP contribution < -0.4 is 10.1 Å². The molecule has 0 aromatic heterocycles. The summed E-state index contributed by atoms with van der Waals surface area (Å²) in [4.78, 5) is 0. The zero-order valence-electron chi connectivity index (χ0n) is 10.7. The summed E-state index contributed by atoms with van der Waals surface area (Å²) in [5.74, 6) is 0.622. The van der Waals surface area contributed by atoms with Gasteiger partial charge in [-0.15, -0.1) is 0 Å². The van der Waals surface area contributed by atoms with E-state index in [2.05, 4.69) is 5.32 Å². The predicted molar refractivity (Wildman–Crippen MR) is 69.6 cm³/mol. The van der Waals surface area contributed by atoms with Gasteiger partial charge in [-0.05, 0) is 37.8 Å². The normalized spacial score (nSPS) is 16.6. The van der Waals surface area contributed by atoms with Crippen LogP contribution in [0.5, 0.6) is 5.75 Å². The monoisotopic (exact) mass is 253 g/mol. The topological polar surface area (TPSA) is 30.5 Å². The van der Waals surface area contributed by atoms with Crippen LogP contribution in [0.3, 0.4) is 0 Å². The quantitative estimate of drug-likeness (QED) is 0.874. The van der Waals surface area contributed by atoms with Crippen LogP contribution in [0.2, 0.25) is 0 Å². The van der Waals surface area contributed by atoms with Gasteiger partial charge in [-0.25, -0.2) is 4.39 Å². The molecule has 0 bridgehead atoms. The van der Waals surface area contributed by atoms with Crippen molar-refractivity contribution in [2.45, 2.75) is 19.8 Å². The highest BCUT2D eigenvalue weighted by molar-refractivity contribution is 5.47. The van der Waals surface area contributed by atoms with Gasteiger partial charge in [0.2, 0.25) is 0 Å². The molecule has 1 heterocycles. The molecule has 100 valence electrons. The van der Waals surface area contributed by atoms with E-state index in [0.717, 1.165) is 38.3 Å². The average Bonchev–Trinajstić information content (AvgIpc) is 2.41. The van der Waals surface area contributed by atoms with Gasteiger partial charge in [-0.3, -0.25) is 0 Å². The Morgan fingerprint density at radius 3 is 2.83 bits per heavy atom. The van der Waals surface area contributed by atoms with Crippen molar-refractivity contribution in [2.75, 3.05) is 31.7 Å². The fraction of sp³-hybridized carbons (Fsp3) is 0.571. The van der Waals surface area contributed by atoms with Crippen LogP contribution in [0, 0.1) is 11.7 Å². The predicted octanol–water partition coefficient (Wildman–Crippen LogP) is 3.06. The molecule has 1 N–H and O–H groups in total. The number of rotatable bonds is 5. The second-order valence-electron chi connectivity index (χ2n) is 4.51. The Labute approximate surface area is 107 Å². The summed E-state index contributed by atoms with van der Waals surface area (Å²) >= 11 is 0. The SMILES string of the molecule is CCOc1ccc(NCC2CCOCC2)cc1F. The minimum atomic E-state index is -0.311. The fourth-order valence-corrected chi connectivity index (χ4v) is 2.10. The first-order chi connectivity index (χ1) is 8.79. The lowest BCUT2D eigenvalue weighted by Crippen LogP contribution is -2.22. The molecule has 1 aromatic carbocycles. The molecule has 1 fully saturated rings. The molecule has 3 nitrogen and oxygen atoms in total. The zero-order chi connectivity index (χ0) is 12.8. The second-order valence-corrected chi connectivity index (χ2v) is 4.51. The summed E-state index contributed by atoms with van der Waals surface area (Å²) in [5, 5.41) is 3.27. The van der Waals surface area contributed by atoms with E-state index in [-0.39, 0.29) is 5.82 Å². The number of hydrogen-bond acceptors (Lipinski definition) is 3. The summed E-state index contributed by atoms with van der Waals surface area (Å²) in [6.45, 7) is 4.87. The molecule has 0 saturated carbocycles. The van der Waals surface area contributed by atoms with Gasteiger partial charge in [0.15, 0.2) is 11.6 Å². The Balaban J connectivity index is 1.87. The van der Waals surface area contributed by atoms with E-state index in [1.54, 1.807) is 6.07 Å². The van der Waals surface area contributed by atoms with Crippen LogP contribution in [0.15, 0.2) is 18.2 Å². The molecule has 0 aliphatic carbocycles. The van der Waals surface area contributed by atoms with Gasteiger partial charge < -0.3 is 14.8 Å². The molecule has 0 unspecified atom stereocenters. The lowest BCUT2D eigenvalue weighted by molar-refractivity contribution is 0.0699. The highest BCUT2D eigenvalue weighted by Crippen LogP contribution is 2.22. The number of nitrogens with one attached hydrogen (secondary N) is 1.